The number of hydrogen-bond donors (Lipinski definition) is 3. The zero-order valence-corrected chi connectivity index (χ0v) is 17.7. The van der Waals surface area contributed by atoms with E-state index in [-0.39, 0.29) is 24.1 Å². The third kappa shape index (κ3) is 5.74. The van der Waals surface area contributed by atoms with E-state index < -0.39 is 6.16 Å². The van der Waals surface area contributed by atoms with Gasteiger partial charge in [-0.25, -0.2) is 4.79 Å². The van der Waals surface area contributed by atoms with Gasteiger partial charge in [-0.3, -0.25) is 0 Å². The van der Waals surface area contributed by atoms with E-state index in [1.165, 1.54) is 19.3 Å². The average molecular weight is 415 g/mol. The molecule has 4 bridgehead atoms. The highest BCUT2D eigenvalue weighted by atomic mass is 35.5. The van der Waals surface area contributed by atoms with Crippen LogP contribution in [0.15, 0.2) is 0 Å². The summed E-state index contributed by atoms with van der Waals surface area (Å²) in [7, 11) is 0. The van der Waals surface area contributed by atoms with E-state index in [0.29, 0.717) is 6.04 Å². The van der Waals surface area contributed by atoms with E-state index in [4.69, 9.17) is 15.2 Å². The van der Waals surface area contributed by atoms with E-state index in [2.05, 4.69) is 10.6 Å². The molecule has 2 saturated heterocycles. The maximum absolute atomic E-state index is 12.1. The number of halogens is 1. The molecule has 4 saturated carbocycles. The van der Waals surface area contributed by atoms with Crippen molar-refractivity contribution in [3.63, 3.8) is 0 Å². The fourth-order valence-electron chi connectivity index (χ4n) is 6.25. The lowest BCUT2D eigenvalue weighted by atomic mass is 9.54. The summed E-state index contributed by atoms with van der Waals surface area (Å²) in [4.78, 5) is 12.1. The van der Waals surface area contributed by atoms with Gasteiger partial charge in [0.25, 0.3) is 0 Å². The molecule has 0 aromatic carbocycles. The van der Waals surface area contributed by atoms with Gasteiger partial charge in [0.2, 0.25) is 0 Å². The predicted molar refractivity (Wildman–Crippen MR) is 104 cm³/mol. The molecule has 6 rings (SSSR count). The monoisotopic (exact) mass is 414 g/mol. The maximum Gasteiger partial charge on any atom is 0.509 e. The molecule has 162 valence electrons. The van der Waals surface area contributed by atoms with E-state index in [1.54, 1.807) is 0 Å². The SMILES string of the molecule is NC1CCNCC1.O=C(OC1CCNCC1)OC12CC3CC(CC(C3)C1)C2.[Cl-]. The number of carbonyl (C=O) groups excluding carboxylic acids is 1. The van der Waals surface area contributed by atoms with Gasteiger partial charge in [0, 0.05) is 6.04 Å². The minimum Gasteiger partial charge on any atom is -1.00 e. The van der Waals surface area contributed by atoms with E-state index in [1.807, 2.05) is 0 Å². The van der Waals surface area contributed by atoms with Crippen LogP contribution in [0.5, 0.6) is 0 Å². The molecule has 7 heteroatoms. The normalized spacial score (nSPS) is 37.4. The van der Waals surface area contributed by atoms with Gasteiger partial charge in [0.1, 0.15) is 11.7 Å². The predicted octanol–water partition coefficient (Wildman–Crippen LogP) is -0.438. The molecule has 0 radical (unpaired) electrons. The van der Waals surface area contributed by atoms with Crippen molar-refractivity contribution in [2.75, 3.05) is 26.2 Å². The van der Waals surface area contributed by atoms with E-state index >= 15 is 0 Å². The number of carbonyl (C=O) groups is 1. The Morgan fingerprint density at radius 2 is 1.29 bits per heavy atom. The summed E-state index contributed by atoms with van der Waals surface area (Å²) < 4.78 is 11.4. The molecular weight excluding hydrogens is 378 g/mol. The molecule has 0 aromatic rings. The van der Waals surface area contributed by atoms with Crippen molar-refractivity contribution in [2.24, 2.45) is 23.5 Å². The molecule has 0 aromatic heterocycles. The Bertz CT molecular complexity index is 472. The number of rotatable bonds is 2. The smallest absolute Gasteiger partial charge is 0.509 e. The molecule has 4 N–H and O–H groups in total. The summed E-state index contributed by atoms with van der Waals surface area (Å²) in [6.07, 6.45) is 11.1. The van der Waals surface area contributed by atoms with Crippen molar-refractivity contribution < 1.29 is 26.7 Å². The topological polar surface area (TPSA) is 85.6 Å². The second-order valence-corrected chi connectivity index (χ2v) is 9.61. The Hall–Kier alpha value is -0.560. The highest BCUT2D eigenvalue weighted by molar-refractivity contribution is 5.61. The largest absolute Gasteiger partial charge is 1.00 e. The Morgan fingerprint density at radius 1 is 0.821 bits per heavy atom. The highest BCUT2D eigenvalue weighted by Gasteiger charge is 2.53. The van der Waals surface area contributed by atoms with Crippen LogP contribution in [0.3, 0.4) is 0 Å². The van der Waals surface area contributed by atoms with Crippen LogP contribution in [0.25, 0.3) is 0 Å². The van der Waals surface area contributed by atoms with Gasteiger partial charge >= 0.3 is 6.16 Å². The number of piperidine rings is 2. The fourth-order valence-corrected chi connectivity index (χ4v) is 6.25. The second-order valence-electron chi connectivity index (χ2n) is 9.61. The quantitative estimate of drug-likeness (QED) is 0.531. The molecule has 6 fully saturated rings. The minimum absolute atomic E-state index is 0. The molecule has 0 amide bonds. The minimum atomic E-state index is -0.404. The molecule has 0 spiro atoms. The van der Waals surface area contributed by atoms with Crippen molar-refractivity contribution >= 4 is 6.16 Å². The van der Waals surface area contributed by atoms with Gasteiger partial charge < -0.3 is 38.2 Å². The molecule has 4 aliphatic carbocycles. The van der Waals surface area contributed by atoms with Crippen molar-refractivity contribution in [3.8, 4) is 0 Å². The summed E-state index contributed by atoms with van der Waals surface area (Å²) in [5.41, 5.74) is 5.43. The lowest BCUT2D eigenvalue weighted by molar-refractivity contribution is -0.146. The molecule has 6 nitrogen and oxygen atoms in total. The van der Waals surface area contributed by atoms with Crippen LogP contribution in [0.1, 0.15) is 64.2 Å². The summed E-state index contributed by atoms with van der Waals surface area (Å²) in [6.45, 7) is 4.10. The summed E-state index contributed by atoms with van der Waals surface area (Å²) in [5.74, 6) is 2.40. The third-order valence-corrected chi connectivity index (χ3v) is 7.21. The molecule has 2 heterocycles. The number of ether oxygens (including phenoxy) is 2. The van der Waals surface area contributed by atoms with Crippen LogP contribution in [-0.2, 0) is 9.47 Å². The Balaban J connectivity index is 0.000000241. The van der Waals surface area contributed by atoms with Crippen molar-refractivity contribution in [2.45, 2.75) is 82.0 Å². The first-order valence-corrected chi connectivity index (χ1v) is 11.2. The Morgan fingerprint density at radius 3 is 1.71 bits per heavy atom. The van der Waals surface area contributed by atoms with Gasteiger partial charge in [-0.2, -0.15) is 0 Å². The summed E-state index contributed by atoms with van der Waals surface area (Å²) in [5, 5.41) is 6.52. The van der Waals surface area contributed by atoms with Gasteiger partial charge in [-0.15, -0.1) is 0 Å². The Labute approximate surface area is 175 Å². The fraction of sp³-hybridized carbons (Fsp3) is 0.952. The molecule has 0 unspecified atom stereocenters. The van der Waals surface area contributed by atoms with Crippen LogP contribution in [0.4, 0.5) is 4.79 Å². The van der Waals surface area contributed by atoms with Gasteiger partial charge in [0.05, 0.1) is 0 Å². The summed E-state index contributed by atoms with van der Waals surface area (Å²) >= 11 is 0. The van der Waals surface area contributed by atoms with E-state index in [0.717, 1.165) is 88.9 Å². The third-order valence-electron chi connectivity index (χ3n) is 7.21. The van der Waals surface area contributed by atoms with Gasteiger partial charge in [-0.05, 0) is 108 Å². The first kappa shape index (κ1) is 22.1. The summed E-state index contributed by atoms with van der Waals surface area (Å²) in [6, 6.07) is 0.473. The highest BCUT2D eigenvalue weighted by Crippen LogP contribution is 2.57. The van der Waals surface area contributed by atoms with Crippen LogP contribution in [0, 0.1) is 17.8 Å². The zero-order chi connectivity index (χ0) is 18.7. The van der Waals surface area contributed by atoms with Crippen LogP contribution < -0.4 is 28.8 Å². The van der Waals surface area contributed by atoms with Crippen molar-refractivity contribution in [1.29, 1.82) is 0 Å². The lowest BCUT2D eigenvalue weighted by Gasteiger charge is -2.55. The number of nitrogens with two attached hydrogens (primary N) is 1. The first-order chi connectivity index (χ1) is 13.1. The van der Waals surface area contributed by atoms with Crippen LogP contribution in [0.2, 0.25) is 0 Å². The van der Waals surface area contributed by atoms with Crippen LogP contribution in [-0.4, -0.2) is 50.1 Å². The zero-order valence-electron chi connectivity index (χ0n) is 17.0. The molecule has 28 heavy (non-hydrogen) atoms. The maximum atomic E-state index is 12.1. The van der Waals surface area contributed by atoms with E-state index in [9.17, 15) is 4.79 Å². The van der Waals surface area contributed by atoms with Crippen molar-refractivity contribution in [3.05, 3.63) is 0 Å². The average Bonchev–Trinajstić information content (AvgIpc) is 2.62. The Kier molecular flexibility index (Phi) is 7.88. The standard InChI is InChI=1S/C16H25NO3.C5H12N2.ClH/c18-15(19-14-1-3-17-4-2-14)20-16-8-11-5-12(9-16)7-13(6-11)10-16;6-5-1-3-7-4-2-5;/h11-14,17H,1-10H2;5,7H,1-4,6H2;1H/p-1. The number of hydrogen-bond acceptors (Lipinski definition) is 6. The van der Waals surface area contributed by atoms with Crippen LogP contribution >= 0.6 is 0 Å². The second kappa shape index (κ2) is 9.96. The van der Waals surface area contributed by atoms with Gasteiger partial charge in [-0.1, -0.05) is 0 Å². The number of nitrogens with one attached hydrogen (secondary N) is 2. The molecule has 0 atom stereocenters. The van der Waals surface area contributed by atoms with Gasteiger partial charge in [0.15, 0.2) is 0 Å². The lowest BCUT2D eigenvalue weighted by Crippen LogP contribution is -3.00. The molecular formula is C21H37ClN3O3-. The molecule has 6 aliphatic rings. The van der Waals surface area contributed by atoms with Crippen molar-refractivity contribution in [1.82, 2.24) is 10.6 Å². The first-order valence-electron chi connectivity index (χ1n) is 11.2. The molecule has 2 aliphatic heterocycles.